The van der Waals surface area contributed by atoms with E-state index >= 15 is 0 Å². The summed E-state index contributed by atoms with van der Waals surface area (Å²) in [6.45, 7) is 7.37. The quantitative estimate of drug-likeness (QED) is 0.679. The molecule has 0 aliphatic carbocycles. The van der Waals surface area contributed by atoms with E-state index in [2.05, 4.69) is 5.32 Å². The molecule has 1 aliphatic heterocycles. The molecule has 0 bridgehead atoms. The van der Waals surface area contributed by atoms with E-state index in [1.165, 1.54) is 13.1 Å². The number of piperazine rings is 1. The topological polar surface area (TPSA) is 76.4 Å². The molecule has 126 valence electrons. The van der Waals surface area contributed by atoms with Crippen LogP contribution in [0.2, 0.25) is 0 Å². The van der Waals surface area contributed by atoms with E-state index in [1.54, 1.807) is 9.80 Å². The molecule has 0 aromatic heterocycles. The van der Waals surface area contributed by atoms with Crippen molar-refractivity contribution in [3.8, 4) is 6.07 Å². The lowest BCUT2D eigenvalue weighted by Crippen LogP contribution is -2.50. The van der Waals surface area contributed by atoms with E-state index in [0.29, 0.717) is 26.2 Å². The van der Waals surface area contributed by atoms with Gasteiger partial charge in [0.05, 0.1) is 0 Å². The van der Waals surface area contributed by atoms with Gasteiger partial charge in [0.15, 0.2) is 0 Å². The summed E-state index contributed by atoms with van der Waals surface area (Å²) in [5.41, 5.74) is 3.07. The van der Waals surface area contributed by atoms with Crippen LogP contribution in [0.15, 0.2) is 30.0 Å². The molecule has 2 rings (SSSR count). The Kier molecular flexibility index (Phi) is 5.59. The van der Waals surface area contributed by atoms with Gasteiger partial charge in [0.2, 0.25) is 5.91 Å². The van der Waals surface area contributed by atoms with Crippen LogP contribution in [0.5, 0.6) is 0 Å². The van der Waals surface area contributed by atoms with Crippen molar-refractivity contribution in [1.82, 2.24) is 9.80 Å². The molecule has 0 spiro atoms. The fourth-order valence-corrected chi connectivity index (χ4v) is 2.58. The van der Waals surface area contributed by atoms with Crippen molar-refractivity contribution >= 4 is 17.5 Å². The van der Waals surface area contributed by atoms with E-state index in [9.17, 15) is 14.9 Å². The molecule has 1 aromatic carbocycles. The van der Waals surface area contributed by atoms with Gasteiger partial charge in [0.1, 0.15) is 11.6 Å². The highest BCUT2D eigenvalue weighted by Gasteiger charge is 2.24. The zero-order chi connectivity index (χ0) is 17.7. The normalized spacial score (nSPS) is 15.0. The van der Waals surface area contributed by atoms with Gasteiger partial charge in [-0.15, -0.1) is 0 Å². The summed E-state index contributed by atoms with van der Waals surface area (Å²) in [4.78, 5) is 27.1. The first kappa shape index (κ1) is 17.5. The average molecular weight is 326 g/mol. The number of aryl methyl sites for hydroxylation is 2. The summed E-state index contributed by atoms with van der Waals surface area (Å²) in [7, 11) is 0. The minimum absolute atomic E-state index is 0.00902. The summed E-state index contributed by atoms with van der Waals surface area (Å²) in [6, 6.07) is 7.93. The molecule has 0 radical (unpaired) electrons. The van der Waals surface area contributed by atoms with Crippen molar-refractivity contribution in [1.29, 1.82) is 5.26 Å². The van der Waals surface area contributed by atoms with Crippen LogP contribution >= 0.6 is 0 Å². The zero-order valence-electron chi connectivity index (χ0n) is 14.3. The molecule has 0 atom stereocenters. The first-order valence-electron chi connectivity index (χ1n) is 7.91. The molecule has 2 amide bonds. The first-order chi connectivity index (χ1) is 11.4. The molecule has 1 aromatic rings. The molecular formula is C18H22N4O2. The largest absolute Gasteiger partial charge is 0.360 e. The predicted molar refractivity (Wildman–Crippen MR) is 92.1 cm³/mol. The number of hydrogen-bond acceptors (Lipinski definition) is 4. The van der Waals surface area contributed by atoms with Gasteiger partial charge in [0.25, 0.3) is 5.91 Å². The number of nitriles is 1. The van der Waals surface area contributed by atoms with Gasteiger partial charge in [-0.05, 0) is 31.0 Å². The second-order valence-corrected chi connectivity index (χ2v) is 5.93. The van der Waals surface area contributed by atoms with E-state index in [0.717, 1.165) is 16.8 Å². The minimum Gasteiger partial charge on any atom is -0.360 e. The maximum atomic E-state index is 12.5. The number of carbonyl (C=O) groups excluding carboxylic acids is 2. The van der Waals surface area contributed by atoms with Gasteiger partial charge in [-0.1, -0.05) is 12.1 Å². The molecule has 1 saturated heterocycles. The fraction of sp³-hybridized carbons (Fsp3) is 0.389. The van der Waals surface area contributed by atoms with E-state index in [4.69, 9.17) is 0 Å². The molecule has 1 fully saturated rings. The van der Waals surface area contributed by atoms with Crippen LogP contribution in [0.4, 0.5) is 5.69 Å². The molecule has 1 aliphatic rings. The van der Waals surface area contributed by atoms with Crippen LogP contribution in [0.3, 0.4) is 0 Å². The van der Waals surface area contributed by atoms with E-state index < -0.39 is 0 Å². The van der Waals surface area contributed by atoms with Crippen LogP contribution in [0.25, 0.3) is 0 Å². The van der Waals surface area contributed by atoms with E-state index in [1.807, 2.05) is 38.1 Å². The number of amides is 2. The number of anilines is 1. The van der Waals surface area contributed by atoms with Crippen molar-refractivity contribution in [2.45, 2.75) is 20.8 Å². The second-order valence-electron chi connectivity index (χ2n) is 5.93. The maximum absolute atomic E-state index is 12.5. The maximum Gasteiger partial charge on any atom is 0.266 e. The van der Waals surface area contributed by atoms with Crippen molar-refractivity contribution < 1.29 is 9.59 Å². The monoisotopic (exact) mass is 326 g/mol. The summed E-state index contributed by atoms with van der Waals surface area (Å²) in [6.07, 6.45) is 1.46. The Balaban J connectivity index is 2.05. The third kappa shape index (κ3) is 4.13. The third-order valence-corrected chi connectivity index (χ3v) is 4.13. The zero-order valence-corrected chi connectivity index (χ0v) is 14.3. The van der Waals surface area contributed by atoms with Gasteiger partial charge < -0.3 is 15.1 Å². The first-order valence-corrected chi connectivity index (χ1v) is 7.91. The molecular weight excluding hydrogens is 304 g/mol. The van der Waals surface area contributed by atoms with Gasteiger partial charge in [-0.25, -0.2) is 0 Å². The Morgan fingerprint density at radius 3 is 2.38 bits per heavy atom. The van der Waals surface area contributed by atoms with Crippen molar-refractivity contribution in [2.75, 3.05) is 31.5 Å². The number of benzene rings is 1. The van der Waals surface area contributed by atoms with Crippen molar-refractivity contribution in [3.63, 3.8) is 0 Å². The summed E-state index contributed by atoms with van der Waals surface area (Å²) in [5.74, 6) is -0.298. The molecule has 24 heavy (non-hydrogen) atoms. The average Bonchev–Trinajstić information content (AvgIpc) is 2.58. The van der Waals surface area contributed by atoms with Crippen LogP contribution in [0.1, 0.15) is 18.1 Å². The number of nitrogens with one attached hydrogen (secondary N) is 1. The summed E-state index contributed by atoms with van der Waals surface area (Å²) >= 11 is 0. The lowest BCUT2D eigenvalue weighted by Gasteiger charge is -2.34. The molecule has 1 heterocycles. The molecule has 6 heteroatoms. The van der Waals surface area contributed by atoms with Crippen molar-refractivity contribution in [3.05, 3.63) is 41.1 Å². The highest BCUT2D eigenvalue weighted by atomic mass is 16.2. The van der Waals surface area contributed by atoms with Gasteiger partial charge in [-0.3, -0.25) is 9.59 Å². The Morgan fingerprint density at radius 2 is 1.79 bits per heavy atom. The fourth-order valence-electron chi connectivity index (χ4n) is 2.58. The Hall–Kier alpha value is -2.81. The highest BCUT2D eigenvalue weighted by molar-refractivity contribution is 5.97. The SMILES string of the molecule is CC(=O)N1CCN(C(=O)/C(C#N)=C\Nc2cc(C)ccc2C)CC1. The minimum atomic E-state index is -0.307. The second kappa shape index (κ2) is 7.64. The Morgan fingerprint density at radius 1 is 1.17 bits per heavy atom. The molecule has 0 unspecified atom stereocenters. The standard InChI is InChI=1S/C18H22N4O2/c1-13-4-5-14(2)17(10-13)20-12-16(11-19)18(24)22-8-6-21(7-9-22)15(3)23/h4-5,10,12,20H,6-9H2,1-3H3/b16-12-. The third-order valence-electron chi connectivity index (χ3n) is 4.13. The smallest absolute Gasteiger partial charge is 0.266 e. The van der Waals surface area contributed by atoms with Crippen LogP contribution in [0, 0.1) is 25.2 Å². The lowest BCUT2D eigenvalue weighted by molar-refractivity contribution is -0.136. The Labute approximate surface area is 142 Å². The van der Waals surface area contributed by atoms with Crippen LogP contribution in [-0.2, 0) is 9.59 Å². The number of rotatable bonds is 3. The number of nitrogens with zero attached hydrogens (tertiary/aromatic N) is 3. The highest BCUT2D eigenvalue weighted by Crippen LogP contribution is 2.17. The molecule has 1 N–H and O–H groups in total. The number of carbonyl (C=O) groups is 2. The molecule has 6 nitrogen and oxygen atoms in total. The predicted octanol–water partition coefficient (Wildman–Crippen LogP) is 1.81. The summed E-state index contributed by atoms with van der Waals surface area (Å²) in [5, 5.41) is 12.4. The van der Waals surface area contributed by atoms with Gasteiger partial charge >= 0.3 is 0 Å². The van der Waals surface area contributed by atoms with Crippen LogP contribution < -0.4 is 5.32 Å². The Bertz CT molecular complexity index is 710. The van der Waals surface area contributed by atoms with Gasteiger partial charge in [-0.2, -0.15) is 5.26 Å². The number of hydrogen-bond donors (Lipinski definition) is 1. The molecule has 0 saturated carbocycles. The lowest BCUT2D eigenvalue weighted by atomic mass is 10.1. The van der Waals surface area contributed by atoms with E-state index in [-0.39, 0.29) is 17.4 Å². The van der Waals surface area contributed by atoms with Gasteiger partial charge in [0, 0.05) is 45.0 Å². The van der Waals surface area contributed by atoms with Crippen molar-refractivity contribution in [2.24, 2.45) is 0 Å². The summed E-state index contributed by atoms with van der Waals surface area (Å²) < 4.78 is 0. The van der Waals surface area contributed by atoms with Crippen LogP contribution in [-0.4, -0.2) is 47.8 Å².